The highest BCUT2D eigenvalue weighted by Crippen LogP contribution is 2.26. The first-order chi connectivity index (χ1) is 8.47. The minimum absolute atomic E-state index is 0.0330. The highest BCUT2D eigenvalue weighted by atomic mass is 16.2. The van der Waals surface area contributed by atoms with Gasteiger partial charge in [0.2, 0.25) is 0 Å². The Balaban J connectivity index is 2.38. The number of nitrogens with zero attached hydrogens (tertiary/aromatic N) is 2. The number of aliphatic imine (C=N–C) groups is 1. The maximum Gasteiger partial charge on any atom is 0.253 e. The van der Waals surface area contributed by atoms with Crippen LogP contribution in [0.25, 0.3) is 0 Å². The van der Waals surface area contributed by atoms with E-state index in [1.165, 1.54) is 0 Å². The summed E-state index contributed by atoms with van der Waals surface area (Å²) in [7, 11) is 0. The van der Waals surface area contributed by atoms with Gasteiger partial charge in [0.25, 0.3) is 5.91 Å². The number of carbonyl (C=O) groups excluding carboxylic acids is 1. The molecule has 0 aliphatic carbocycles. The van der Waals surface area contributed by atoms with Gasteiger partial charge >= 0.3 is 0 Å². The Morgan fingerprint density at radius 2 is 2.11 bits per heavy atom. The Morgan fingerprint density at radius 3 is 2.67 bits per heavy atom. The predicted octanol–water partition coefficient (Wildman–Crippen LogP) is 1.94. The maximum absolute atomic E-state index is 12.0. The summed E-state index contributed by atoms with van der Waals surface area (Å²) in [4.78, 5) is 20.8. The second kappa shape index (κ2) is 4.52. The number of aromatic nitrogens is 1. The topological polar surface area (TPSA) is 54.4 Å². The van der Waals surface area contributed by atoms with E-state index in [0.29, 0.717) is 5.84 Å². The molecule has 18 heavy (non-hydrogen) atoms. The molecule has 0 spiro atoms. The van der Waals surface area contributed by atoms with Crippen LogP contribution in [0.1, 0.15) is 38.8 Å². The van der Waals surface area contributed by atoms with Gasteiger partial charge in [0.1, 0.15) is 11.4 Å². The van der Waals surface area contributed by atoms with E-state index in [0.717, 1.165) is 17.5 Å². The van der Waals surface area contributed by atoms with E-state index in [1.54, 1.807) is 6.20 Å². The summed E-state index contributed by atoms with van der Waals surface area (Å²) in [6, 6.07) is 2.03. The van der Waals surface area contributed by atoms with Gasteiger partial charge in [-0.15, -0.1) is 0 Å². The number of carbonyl (C=O) groups is 1. The molecular weight excluding hydrogens is 226 g/mol. The van der Waals surface area contributed by atoms with Gasteiger partial charge in [0.05, 0.1) is 0 Å². The monoisotopic (exact) mass is 245 g/mol. The first-order valence-corrected chi connectivity index (χ1v) is 6.33. The van der Waals surface area contributed by atoms with Crippen molar-refractivity contribution in [2.45, 2.75) is 39.7 Å². The SMILES string of the molecule is CCc1cncc(C2=NC(C)(C(C)C)C(=O)N2)c1. The van der Waals surface area contributed by atoms with Crippen molar-refractivity contribution in [3.05, 3.63) is 29.6 Å². The number of hydrogen-bond acceptors (Lipinski definition) is 3. The van der Waals surface area contributed by atoms with Crippen molar-refractivity contribution in [1.82, 2.24) is 10.3 Å². The van der Waals surface area contributed by atoms with Crippen molar-refractivity contribution in [3.8, 4) is 0 Å². The molecule has 0 radical (unpaired) electrons. The summed E-state index contributed by atoms with van der Waals surface area (Å²) in [5.41, 5.74) is 1.35. The molecule has 0 bridgehead atoms. The lowest BCUT2D eigenvalue weighted by Gasteiger charge is -2.21. The van der Waals surface area contributed by atoms with Gasteiger partial charge in [-0.2, -0.15) is 0 Å². The van der Waals surface area contributed by atoms with Crippen LogP contribution in [0.2, 0.25) is 0 Å². The van der Waals surface area contributed by atoms with Crippen LogP contribution in [0.4, 0.5) is 0 Å². The molecule has 1 amide bonds. The van der Waals surface area contributed by atoms with E-state index < -0.39 is 5.54 Å². The molecule has 1 N–H and O–H groups in total. The van der Waals surface area contributed by atoms with Crippen LogP contribution in [0.3, 0.4) is 0 Å². The average molecular weight is 245 g/mol. The van der Waals surface area contributed by atoms with Crippen LogP contribution in [0.5, 0.6) is 0 Å². The molecule has 0 saturated carbocycles. The Labute approximate surface area is 108 Å². The van der Waals surface area contributed by atoms with Crippen LogP contribution >= 0.6 is 0 Å². The lowest BCUT2D eigenvalue weighted by Crippen LogP contribution is -2.41. The highest BCUT2D eigenvalue weighted by molar-refractivity contribution is 6.15. The zero-order chi connectivity index (χ0) is 13.3. The second-order valence-corrected chi connectivity index (χ2v) is 5.15. The molecule has 0 saturated heterocycles. The lowest BCUT2D eigenvalue weighted by atomic mass is 9.89. The molecule has 1 aliphatic heterocycles. The molecule has 96 valence electrons. The van der Waals surface area contributed by atoms with Crippen molar-refractivity contribution in [3.63, 3.8) is 0 Å². The maximum atomic E-state index is 12.0. The molecule has 0 fully saturated rings. The molecule has 1 aliphatic rings. The Hall–Kier alpha value is -1.71. The second-order valence-electron chi connectivity index (χ2n) is 5.15. The minimum Gasteiger partial charge on any atom is -0.308 e. The molecule has 1 aromatic heterocycles. The molecule has 4 heteroatoms. The zero-order valence-electron chi connectivity index (χ0n) is 11.3. The largest absolute Gasteiger partial charge is 0.308 e. The number of hydrogen-bond donors (Lipinski definition) is 1. The van der Waals surface area contributed by atoms with Gasteiger partial charge in [0.15, 0.2) is 0 Å². The molecule has 1 aromatic rings. The fourth-order valence-electron chi connectivity index (χ4n) is 1.88. The zero-order valence-corrected chi connectivity index (χ0v) is 11.3. The normalized spacial score (nSPS) is 23.2. The molecule has 2 heterocycles. The molecule has 1 unspecified atom stereocenters. The number of pyridine rings is 1. The van der Waals surface area contributed by atoms with Crippen molar-refractivity contribution >= 4 is 11.7 Å². The number of amides is 1. The van der Waals surface area contributed by atoms with Crippen molar-refractivity contribution < 1.29 is 4.79 Å². The Kier molecular flexibility index (Phi) is 3.20. The van der Waals surface area contributed by atoms with Crippen LogP contribution in [-0.2, 0) is 11.2 Å². The van der Waals surface area contributed by atoms with Gasteiger partial charge in [-0.25, -0.2) is 0 Å². The van der Waals surface area contributed by atoms with Gasteiger partial charge in [-0.3, -0.25) is 14.8 Å². The Bertz CT molecular complexity index is 508. The van der Waals surface area contributed by atoms with Gasteiger partial charge in [-0.05, 0) is 30.9 Å². The van der Waals surface area contributed by atoms with Gasteiger partial charge in [0, 0.05) is 18.0 Å². The fourth-order valence-corrected chi connectivity index (χ4v) is 1.88. The number of rotatable bonds is 3. The smallest absolute Gasteiger partial charge is 0.253 e. The lowest BCUT2D eigenvalue weighted by molar-refractivity contribution is -0.124. The van der Waals surface area contributed by atoms with E-state index in [1.807, 2.05) is 33.0 Å². The Morgan fingerprint density at radius 1 is 1.39 bits per heavy atom. The van der Waals surface area contributed by atoms with Gasteiger partial charge < -0.3 is 5.32 Å². The molecule has 2 rings (SSSR count). The summed E-state index contributed by atoms with van der Waals surface area (Å²) < 4.78 is 0. The third-order valence-corrected chi connectivity index (χ3v) is 3.64. The van der Waals surface area contributed by atoms with E-state index in [9.17, 15) is 4.79 Å². The summed E-state index contributed by atoms with van der Waals surface area (Å²) in [6.45, 7) is 7.96. The molecule has 0 aromatic carbocycles. The van der Waals surface area contributed by atoms with Crippen LogP contribution in [-0.4, -0.2) is 22.3 Å². The number of nitrogens with one attached hydrogen (secondary N) is 1. The third kappa shape index (κ3) is 2.03. The first-order valence-electron chi connectivity index (χ1n) is 6.33. The predicted molar refractivity (Wildman–Crippen MR) is 71.5 cm³/mol. The fraction of sp³-hybridized carbons (Fsp3) is 0.500. The molecular formula is C14H19N3O. The summed E-state index contributed by atoms with van der Waals surface area (Å²) in [5, 5.41) is 2.86. The molecule has 4 nitrogen and oxygen atoms in total. The highest BCUT2D eigenvalue weighted by Gasteiger charge is 2.42. The van der Waals surface area contributed by atoms with E-state index in [2.05, 4.69) is 22.2 Å². The first kappa shape index (κ1) is 12.7. The van der Waals surface area contributed by atoms with Crippen molar-refractivity contribution in [2.75, 3.05) is 0 Å². The average Bonchev–Trinajstić information content (AvgIpc) is 2.67. The number of amidine groups is 1. The number of aryl methyl sites for hydroxylation is 1. The van der Waals surface area contributed by atoms with E-state index in [4.69, 9.17) is 0 Å². The standard InChI is InChI=1S/C14H19N3O/c1-5-10-6-11(8-15-7-10)12-16-13(18)14(4,17-12)9(2)3/h6-9H,5H2,1-4H3,(H,16,17,18). The quantitative estimate of drug-likeness (QED) is 0.884. The van der Waals surface area contributed by atoms with Crippen molar-refractivity contribution in [2.24, 2.45) is 10.9 Å². The summed E-state index contributed by atoms with van der Waals surface area (Å²) in [5.74, 6) is 0.769. The third-order valence-electron chi connectivity index (χ3n) is 3.64. The summed E-state index contributed by atoms with van der Waals surface area (Å²) in [6.07, 6.45) is 4.50. The molecule has 1 atom stereocenters. The van der Waals surface area contributed by atoms with Gasteiger partial charge in [-0.1, -0.05) is 20.8 Å². The van der Waals surface area contributed by atoms with Crippen molar-refractivity contribution in [1.29, 1.82) is 0 Å². The van der Waals surface area contributed by atoms with Crippen LogP contribution in [0, 0.1) is 5.92 Å². The minimum atomic E-state index is -0.669. The van der Waals surface area contributed by atoms with Crippen LogP contribution < -0.4 is 5.32 Å². The van der Waals surface area contributed by atoms with E-state index >= 15 is 0 Å². The summed E-state index contributed by atoms with van der Waals surface area (Å²) >= 11 is 0. The van der Waals surface area contributed by atoms with E-state index in [-0.39, 0.29) is 11.8 Å². The van der Waals surface area contributed by atoms with Crippen LogP contribution in [0.15, 0.2) is 23.5 Å².